The van der Waals surface area contributed by atoms with E-state index in [2.05, 4.69) is 15.1 Å². The summed E-state index contributed by atoms with van der Waals surface area (Å²) in [4.78, 5) is 12.3. The fourth-order valence-electron chi connectivity index (χ4n) is 3.28. The zero-order valence-electron chi connectivity index (χ0n) is 15.2. The van der Waals surface area contributed by atoms with E-state index in [0.29, 0.717) is 23.4 Å². The summed E-state index contributed by atoms with van der Waals surface area (Å²) >= 11 is 0. The Labute approximate surface area is 164 Å². The van der Waals surface area contributed by atoms with Crippen molar-refractivity contribution in [2.24, 2.45) is 0 Å². The van der Waals surface area contributed by atoms with Gasteiger partial charge in [-0.25, -0.2) is 18.7 Å². The highest BCUT2D eigenvalue weighted by molar-refractivity contribution is 5.91. The molecule has 142 valence electrons. The molecule has 0 spiro atoms. The minimum absolute atomic E-state index is 0.268. The van der Waals surface area contributed by atoms with E-state index in [-0.39, 0.29) is 11.6 Å². The van der Waals surface area contributed by atoms with Crippen LogP contribution in [0.1, 0.15) is 5.56 Å². The normalized spacial score (nSPS) is 11.2. The molecule has 2 aromatic carbocycles. The van der Waals surface area contributed by atoms with E-state index < -0.39 is 0 Å². The number of nitrogens with zero attached hydrogens (tertiary/aromatic N) is 4. The van der Waals surface area contributed by atoms with Crippen molar-refractivity contribution in [2.45, 2.75) is 6.54 Å². The Bertz CT molecular complexity index is 1300. The molecule has 1 N–H and O–H groups in total. The lowest BCUT2D eigenvalue weighted by Crippen LogP contribution is -1.99. The predicted molar refractivity (Wildman–Crippen MR) is 106 cm³/mol. The SMILES string of the molecule is Fc1ccc(-c2cnc3[nH]cc(-c4cnn(Cc5cccc(F)c5)c4)c3n2)cc1. The average molecular weight is 387 g/mol. The highest BCUT2D eigenvalue weighted by atomic mass is 19.1. The molecule has 3 heterocycles. The number of rotatable bonds is 4. The van der Waals surface area contributed by atoms with Crippen molar-refractivity contribution in [3.8, 4) is 22.4 Å². The minimum atomic E-state index is -0.296. The summed E-state index contributed by atoms with van der Waals surface area (Å²) in [6.07, 6.45) is 7.12. The van der Waals surface area contributed by atoms with Crippen LogP contribution in [0.2, 0.25) is 0 Å². The van der Waals surface area contributed by atoms with Crippen LogP contribution in [0, 0.1) is 11.6 Å². The molecule has 0 fully saturated rings. The molecule has 3 aromatic heterocycles. The maximum absolute atomic E-state index is 13.4. The number of fused-ring (bicyclic) bond motifs is 1. The largest absolute Gasteiger partial charge is 0.344 e. The Balaban J connectivity index is 1.49. The molecular formula is C22H15F2N5. The van der Waals surface area contributed by atoms with Gasteiger partial charge in [0.1, 0.15) is 17.2 Å². The Hall–Kier alpha value is -3.87. The maximum atomic E-state index is 13.4. The van der Waals surface area contributed by atoms with Crippen LogP contribution in [-0.4, -0.2) is 24.7 Å². The molecule has 0 radical (unpaired) electrons. The van der Waals surface area contributed by atoms with Crippen LogP contribution < -0.4 is 0 Å². The summed E-state index contributed by atoms with van der Waals surface area (Å²) in [6.45, 7) is 0.465. The van der Waals surface area contributed by atoms with E-state index >= 15 is 0 Å². The number of hydrogen-bond acceptors (Lipinski definition) is 3. The summed E-state index contributed by atoms with van der Waals surface area (Å²) in [7, 11) is 0. The van der Waals surface area contributed by atoms with E-state index in [9.17, 15) is 8.78 Å². The van der Waals surface area contributed by atoms with Gasteiger partial charge in [0, 0.05) is 29.1 Å². The van der Waals surface area contributed by atoms with Gasteiger partial charge in [-0.2, -0.15) is 5.10 Å². The van der Waals surface area contributed by atoms with E-state index in [1.165, 1.54) is 24.3 Å². The zero-order valence-corrected chi connectivity index (χ0v) is 15.2. The van der Waals surface area contributed by atoms with E-state index in [1.807, 2.05) is 18.5 Å². The smallest absolute Gasteiger partial charge is 0.156 e. The fraction of sp³-hybridized carbons (Fsp3) is 0.0455. The van der Waals surface area contributed by atoms with E-state index in [0.717, 1.165) is 22.3 Å². The molecule has 0 aliphatic rings. The minimum Gasteiger partial charge on any atom is -0.344 e. The van der Waals surface area contributed by atoms with Crippen molar-refractivity contribution < 1.29 is 8.78 Å². The molecule has 5 aromatic rings. The molecular weight excluding hydrogens is 372 g/mol. The number of hydrogen-bond donors (Lipinski definition) is 1. The molecule has 0 unspecified atom stereocenters. The molecule has 29 heavy (non-hydrogen) atoms. The second kappa shape index (κ2) is 6.94. The first kappa shape index (κ1) is 17.2. The second-order valence-corrected chi connectivity index (χ2v) is 6.72. The van der Waals surface area contributed by atoms with Crippen molar-refractivity contribution in [3.63, 3.8) is 0 Å². The van der Waals surface area contributed by atoms with Crippen LogP contribution in [0.3, 0.4) is 0 Å². The molecule has 0 bridgehead atoms. The summed E-state index contributed by atoms with van der Waals surface area (Å²) in [5.41, 5.74) is 5.37. The highest BCUT2D eigenvalue weighted by Crippen LogP contribution is 2.28. The summed E-state index contributed by atoms with van der Waals surface area (Å²) in [5, 5.41) is 4.38. The Kier molecular flexibility index (Phi) is 4.13. The van der Waals surface area contributed by atoms with Gasteiger partial charge in [-0.05, 0) is 42.0 Å². The Morgan fingerprint density at radius 3 is 2.62 bits per heavy atom. The zero-order chi connectivity index (χ0) is 19.8. The lowest BCUT2D eigenvalue weighted by Gasteiger charge is -2.02. The Morgan fingerprint density at radius 1 is 0.931 bits per heavy atom. The van der Waals surface area contributed by atoms with Gasteiger partial charge in [0.15, 0.2) is 5.65 Å². The van der Waals surface area contributed by atoms with Gasteiger partial charge in [0.2, 0.25) is 0 Å². The van der Waals surface area contributed by atoms with Gasteiger partial charge in [-0.3, -0.25) is 4.68 Å². The van der Waals surface area contributed by atoms with Crippen LogP contribution >= 0.6 is 0 Å². The molecule has 5 nitrogen and oxygen atoms in total. The van der Waals surface area contributed by atoms with Crippen LogP contribution in [0.25, 0.3) is 33.5 Å². The molecule has 0 aliphatic heterocycles. The lowest BCUT2D eigenvalue weighted by atomic mass is 10.1. The molecule has 0 atom stereocenters. The highest BCUT2D eigenvalue weighted by Gasteiger charge is 2.13. The van der Waals surface area contributed by atoms with E-state index in [4.69, 9.17) is 4.98 Å². The molecule has 0 amide bonds. The van der Waals surface area contributed by atoms with Gasteiger partial charge in [0.25, 0.3) is 0 Å². The van der Waals surface area contributed by atoms with Crippen molar-refractivity contribution in [1.29, 1.82) is 0 Å². The third-order valence-corrected chi connectivity index (χ3v) is 4.70. The first-order valence-electron chi connectivity index (χ1n) is 9.03. The van der Waals surface area contributed by atoms with Crippen LogP contribution in [-0.2, 0) is 6.54 Å². The van der Waals surface area contributed by atoms with Gasteiger partial charge >= 0.3 is 0 Å². The van der Waals surface area contributed by atoms with E-state index in [1.54, 1.807) is 35.3 Å². The average Bonchev–Trinajstić information content (AvgIpc) is 3.34. The summed E-state index contributed by atoms with van der Waals surface area (Å²) in [5.74, 6) is -0.564. The topological polar surface area (TPSA) is 59.4 Å². The third-order valence-electron chi connectivity index (χ3n) is 4.70. The van der Waals surface area contributed by atoms with Gasteiger partial charge in [-0.1, -0.05) is 12.1 Å². The van der Waals surface area contributed by atoms with Crippen molar-refractivity contribution in [1.82, 2.24) is 24.7 Å². The molecule has 7 heteroatoms. The monoisotopic (exact) mass is 387 g/mol. The van der Waals surface area contributed by atoms with Gasteiger partial charge in [0.05, 0.1) is 24.6 Å². The molecule has 0 aliphatic carbocycles. The number of benzene rings is 2. The maximum Gasteiger partial charge on any atom is 0.156 e. The summed E-state index contributed by atoms with van der Waals surface area (Å²) in [6, 6.07) is 12.6. The predicted octanol–water partition coefficient (Wildman–Crippen LogP) is 4.81. The second-order valence-electron chi connectivity index (χ2n) is 6.72. The first-order chi connectivity index (χ1) is 14.2. The van der Waals surface area contributed by atoms with Crippen LogP contribution in [0.5, 0.6) is 0 Å². The molecule has 0 saturated carbocycles. The van der Waals surface area contributed by atoms with Gasteiger partial charge < -0.3 is 4.98 Å². The fourth-order valence-corrected chi connectivity index (χ4v) is 3.28. The van der Waals surface area contributed by atoms with Crippen molar-refractivity contribution in [3.05, 3.63) is 90.5 Å². The van der Waals surface area contributed by atoms with Crippen molar-refractivity contribution >= 4 is 11.2 Å². The quantitative estimate of drug-likeness (QED) is 0.481. The van der Waals surface area contributed by atoms with Gasteiger partial charge in [-0.15, -0.1) is 0 Å². The van der Waals surface area contributed by atoms with Crippen LogP contribution in [0.15, 0.2) is 73.3 Å². The number of halogens is 2. The van der Waals surface area contributed by atoms with Crippen LogP contribution in [0.4, 0.5) is 8.78 Å². The first-order valence-corrected chi connectivity index (χ1v) is 9.03. The summed E-state index contributed by atoms with van der Waals surface area (Å²) < 4.78 is 28.4. The molecule has 5 rings (SSSR count). The number of aromatic amines is 1. The van der Waals surface area contributed by atoms with Crippen molar-refractivity contribution in [2.75, 3.05) is 0 Å². The number of aromatic nitrogens is 5. The number of H-pyrrole nitrogens is 1. The molecule has 0 saturated heterocycles. The number of nitrogens with one attached hydrogen (secondary N) is 1. The lowest BCUT2D eigenvalue weighted by molar-refractivity contribution is 0.619. The third kappa shape index (κ3) is 3.38. The standard InChI is InChI=1S/C22H15F2N5/c23-17-6-4-15(5-7-17)20-11-26-22-21(28-20)19(10-25-22)16-9-27-29(13-16)12-14-2-1-3-18(24)8-14/h1-11,13H,12H2,(H,25,26). The Morgan fingerprint density at radius 2 is 1.79 bits per heavy atom.